The van der Waals surface area contributed by atoms with Crippen LogP contribution in [0.4, 0.5) is 4.39 Å². The Kier molecular flexibility index (Phi) is 8.74. The monoisotopic (exact) mass is 462 g/mol. The van der Waals surface area contributed by atoms with E-state index in [0.717, 1.165) is 17.8 Å². The number of benzene rings is 2. The number of carbonyl (C=O) groups is 2. The van der Waals surface area contributed by atoms with Gasteiger partial charge in [0.25, 0.3) is 0 Å². The first-order chi connectivity index (χ1) is 14.8. The second-order valence-corrected chi connectivity index (χ2v) is 6.55. The van der Waals surface area contributed by atoms with Gasteiger partial charge in [-0.15, -0.1) is 0 Å². The molecule has 2 aromatic heterocycles. The van der Waals surface area contributed by atoms with Crippen LogP contribution in [0, 0.1) is 5.82 Å². The van der Waals surface area contributed by atoms with Gasteiger partial charge in [0.1, 0.15) is 5.82 Å². The molecule has 11 heteroatoms. The molecule has 0 spiro atoms. The number of aromatic amines is 1. The van der Waals surface area contributed by atoms with Gasteiger partial charge >= 0.3 is 0 Å². The zero-order valence-electron chi connectivity index (χ0n) is 15.9. The summed E-state index contributed by atoms with van der Waals surface area (Å²) in [6, 6.07) is 12.1. The van der Waals surface area contributed by atoms with E-state index >= 15 is 0 Å². The quantitative estimate of drug-likeness (QED) is 0.428. The molecule has 0 aliphatic rings. The molecule has 0 unspecified atom stereocenters. The Balaban J connectivity index is 0.000000186. The number of amides is 2. The number of hydrogen-bond acceptors (Lipinski definition) is 4. The van der Waals surface area contributed by atoms with Gasteiger partial charge in [0.2, 0.25) is 11.8 Å². The molecular weight excluding hydrogens is 446 g/mol. The smallest absolute Gasteiger partial charge is 0.250 e. The highest BCUT2D eigenvalue weighted by molar-refractivity contribution is 6.34. The maximum atomic E-state index is 12.4. The van der Waals surface area contributed by atoms with Gasteiger partial charge in [-0.05, 0) is 48.5 Å². The Morgan fingerprint density at radius 1 is 0.935 bits per heavy atom. The third-order valence-electron chi connectivity index (χ3n) is 3.58. The summed E-state index contributed by atoms with van der Waals surface area (Å²) in [7, 11) is 0. The molecular formula is C20H17Cl2FN6O2. The SMILES string of the molecule is NC(=O)c1cc(-n2cccn2)ccc1Cl.NC(=O)c1cc(F)ccc1Cl.c1cn[nH]c1. The van der Waals surface area contributed by atoms with Gasteiger partial charge in [0, 0.05) is 24.8 Å². The summed E-state index contributed by atoms with van der Waals surface area (Å²) in [4.78, 5) is 21.6. The number of rotatable bonds is 3. The number of nitrogens with two attached hydrogens (primary N) is 2. The van der Waals surface area contributed by atoms with Gasteiger partial charge < -0.3 is 11.5 Å². The summed E-state index contributed by atoms with van der Waals surface area (Å²) < 4.78 is 14.1. The predicted octanol–water partition coefficient (Wildman–Crippen LogP) is 3.61. The molecule has 0 atom stereocenters. The first kappa shape index (κ1) is 23.6. The van der Waals surface area contributed by atoms with E-state index in [4.69, 9.17) is 34.7 Å². The fourth-order valence-electron chi connectivity index (χ4n) is 2.17. The van der Waals surface area contributed by atoms with Crippen LogP contribution in [0.1, 0.15) is 20.7 Å². The third kappa shape index (κ3) is 7.25. The van der Waals surface area contributed by atoms with E-state index in [9.17, 15) is 14.0 Å². The lowest BCUT2D eigenvalue weighted by atomic mass is 10.2. The zero-order valence-corrected chi connectivity index (χ0v) is 17.4. The number of H-pyrrole nitrogens is 1. The van der Waals surface area contributed by atoms with Crippen molar-refractivity contribution in [2.75, 3.05) is 0 Å². The average molecular weight is 463 g/mol. The zero-order chi connectivity index (χ0) is 22.8. The Labute approximate surface area is 186 Å². The molecule has 2 amide bonds. The first-order valence-electron chi connectivity index (χ1n) is 8.57. The van der Waals surface area contributed by atoms with Crippen LogP contribution < -0.4 is 11.5 Å². The molecule has 5 N–H and O–H groups in total. The van der Waals surface area contributed by atoms with Crippen LogP contribution in [-0.4, -0.2) is 31.8 Å². The third-order valence-corrected chi connectivity index (χ3v) is 4.24. The molecule has 160 valence electrons. The van der Waals surface area contributed by atoms with Gasteiger partial charge in [-0.2, -0.15) is 10.2 Å². The lowest BCUT2D eigenvalue weighted by Crippen LogP contribution is -2.12. The summed E-state index contributed by atoms with van der Waals surface area (Å²) in [6.07, 6.45) is 6.88. The van der Waals surface area contributed by atoms with Crippen LogP contribution in [0.2, 0.25) is 10.0 Å². The molecule has 0 bridgehead atoms. The lowest BCUT2D eigenvalue weighted by Gasteiger charge is -2.04. The van der Waals surface area contributed by atoms with Crippen molar-refractivity contribution >= 4 is 35.0 Å². The van der Waals surface area contributed by atoms with Crippen molar-refractivity contribution in [1.29, 1.82) is 0 Å². The van der Waals surface area contributed by atoms with E-state index < -0.39 is 17.6 Å². The van der Waals surface area contributed by atoms with Gasteiger partial charge in [0.15, 0.2) is 0 Å². The number of nitrogens with zero attached hydrogens (tertiary/aromatic N) is 3. The summed E-state index contributed by atoms with van der Waals surface area (Å²) in [5.74, 6) is -1.80. The van der Waals surface area contributed by atoms with Crippen LogP contribution in [-0.2, 0) is 0 Å². The Hall–Kier alpha value is -3.69. The van der Waals surface area contributed by atoms with Gasteiger partial charge in [-0.1, -0.05) is 23.2 Å². The fraction of sp³-hybridized carbons (Fsp3) is 0. The maximum Gasteiger partial charge on any atom is 0.250 e. The van der Waals surface area contributed by atoms with Crippen molar-refractivity contribution in [1.82, 2.24) is 20.0 Å². The van der Waals surface area contributed by atoms with Crippen LogP contribution in [0.3, 0.4) is 0 Å². The Morgan fingerprint density at radius 3 is 2.03 bits per heavy atom. The molecule has 0 saturated carbocycles. The summed E-state index contributed by atoms with van der Waals surface area (Å²) >= 11 is 11.3. The van der Waals surface area contributed by atoms with Crippen molar-refractivity contribution < 1.29 is 14.0 Å². The molecule has 31 heavy (non-hydrogen) atoms. The van der Waals surface area contributed by atoms with Crippen LogP contribution in [0.15, 0.2) is 73.3 Å². The van der Waals surface area contributed by atoms with E-state index in [-0.39, 0.29) is 10.6 Å². The van der Waals surface area contributed by atoms with Crippen LogP contribution >= 0.6 is 23.2 Å². The molecule has 4 rings (SSSR count). The number of halogens is 3. The number of aromatic nitrogens is 4. The normalized spacial score (nSPS) is 9.65. The highest BCUT2D eigenvalue weighted by atomic mass is 35.5. The highest BCUT2D eigenvalue weighted by Crippen LogP contribution is 2.19. The van der Waals surface area contributed by atoms with Gasteiger partial charge in [-0.3, -0.25) is 14.7 Å². The molecule has 0 radical (unpaired) electrons. The Bertz CT molecular complexity index is 1120. The largest absolute Gasteiger partial charge is 0.366 e. The molecule has 0 aliphatic heterocycles. The summed E-state index contributed by atoms with van der Waals surface area (Å²) in [5.41, 5.74) is 11.1. The number of carbonyl (C=O) groups excluding carboxylic acids is 2. The van der Waals surface area contributed by atoms with Crippen molar-refractivity contribution in [3.63, 3.8) is 0 Å². The average Bonchev–Trinajstić information content (AvgIpc) is 3.47. The lowest BCUT2D eigenvalue weighted by molar-refractivity contribution is 0.0991. The Morgan fingerprint density at radius 2 is 1.58 bits per heavy atom. The second-order valence-electron chi connectivity index (χ2n) is 5.73. The molecule has 4 aromatic rings. The molecule has 8 nitrogen and oxygen atoms in total. The minimum absolute atomic E-state index is 0.00617. The van der Waals surface area contributed by atoms with Crippen LogP contribution in [0.25, 0.3) is 5.69 Å². The highest BCUT2D eigenvalue weighted by Gasteiger charge is 2.08. The number of primary amides is 2. The van der Waals surface area contributed by atoms with E-state index in [1.54, 1.807) is 53.7 Å². The van der Waals surface area contributed by atoms with Crippen molar-refractivity contribution in [3.05, 3.63) is 100 Å². The minimum Gasteiger partial charge on any atom is -0.366 e. The summed E-state index contributed by atoms with van der Waals surface area (Å²) in [5, 5.41) is 10.8. The van der Waals surface area contributed by atoms with E-state index in [1.807, 2.05) is 6.07 Å². The van der Waals surface area contributed by atoms with E-state index in [0.29, 0.717) is 10.6 Å². The molecule has 0 aliphatic carbocycles. The fourth-order valence-corrected chi connectivity index (χ4v) is 2.59. The van der Waals surface area contributed by atoms with Crippen molar-refractivity contribution in [3.8, 4) is 5.69 Å². The number of hydrogen-bond donors (Lipinski definition) is 3. The summed E-state index contributed by atoms with van der Waals surface area (Å²) in [6.45, 7) is 0. The van der Waals surface area contributed by atoms with Crippen molar-refractivity contribution in [2.45, 2.75) is 0 Å². The molecule has 0 fully saturated rings. The van der Waals surface area contributed by atoms with Crippen LogP contribution in [0.5, 0.6) is 0 Å². The molecule has 0 saturated heterocycles. The molecule has 2 aromatic carbocycles. The van der Waals surface area contributed by atoms with Gasteiger partial charge in [0.05, 0.1) is 26.9 Å². The second kappa shape index (κ2) is 11.5. The van der Waals surface area contributed by atoms with E-state index in [1.165, 1.54) is 6.07 Å². The van der Waals surface area contributed by atoms with Gasteiger partial charge in [-0.25, -0.2) is 9.07 Å². The van der Waals surface area contributed by atoms with E-state index in [2.05, 4.69) is 15.3 Å². The predicted molar refractivity (Wildman–Crippen MR) is 116 cm³/mol. The maximum absolute atomic E-state index is 12.4. The van der Waals surface area contributed by atoms with Crippen molar-refractivity contribution in [2.24, 2.45) is 11.5 Å². The topological polar surface area (TPSA) is 133 Å². The first-order valence-corrected chi connectivity index (χ1v) is 9.33. The minimum atomic E-state index is -0.727. The number of nitrogens with one attached hydrogen (secondary N) is 1. The standard InChI is InChI=1S/C10H8ClN3O.C7H5ClFNO.C3H4N2/c11-9-3-2-7(6-8(9)10(12)15)14-5-1-4-13-14;8-6-2-1-4(9)3-5(6)7(10)11;1-2-4-5-3-1/h1-6H,(H2,12,15);1-3H,(H2,10,11);1-3H,(H,4,5). The molecule has 2 heterocycles.